The van der Waals surface area contributed by atoms with Crippen LogP contribution in [0.5, 0.6) is 0 Å². The molecule has 0 aromatic rings. The molecule has 2 rings (SSSR count). The number of likely N-dealkylation sites (tertiary alicyclic amines) is 1. The van der Waals surface area contributed by atoms with Gasteiger partial charge >= 0.3 is 0 Å². The predicted octanol–water partition coefficient (Wildman–Crippen LogP) is 1.13. The van der Waals surface area contributed by atoms with Crippen molar-refractivity contribution in [3.8, 4) is 0 Å². The number of carbonyl (C=O) groups excluding carboxylic acids is 1. The Morgan fingerprint density at radius 1 is 1.55 bits per heavy atom. The third-order valence-corrected chi connectivity index (χ3v) is 3.60. The standard InChI is InChI=1S/C8H13NOS/c1-9-7(11)4-5-2-3-6(5)8(9)10/h5-7,11H,2-4H2,1H3. The summed E-state index contributed by atoms with van der Waals surface area (Å²) in [5, 5.41) is 0.170. The van der Waals surface area contributed by atoms with Crippen molar-refractivity contribution in [2.75, 3.05) is 7.05 Å². The lowest BCUT2D eigenvalue weighted by molar-refractivity contribution is -0.145. The third kappa shape index (κ3) is 0.975. The lowest BCUT2D eigenvalue weighted by atomic mass is 9.69. The molecule has 1 saturated heterocycles. The van der Waals surface area contributed by atoms with E-state index in [1.165, 1.54) is 6.42 Å². The number of rotatable bonds is 0. The van der Waals surface area contributed by atoms with Crippen molar-refractivity contribution in [2.24, 2.45) is 11.8 Å². The van der Waals surface area contributed by atoms with E-state index in [1.54, 1.807) is 4.90 Å². The molecule has 2 nitrogen and oxygen atoms in total. The van der Waals surface area contributed by atoms with Crippen LogP contribution in [0, 0.1) is 11.8 Å². The number of nitrogens with zero attached hydrogens (tertiary/aromatic N) is 1. The quantitative estimate of drug-likeness (QED) is 0.542. The maximum absolute atomic E-state index is 11.5. The Bertz CT molecular complexity index is 187. The van der Waals surface area contributed by atoms with Gasteiger partial charge in [0.25, 0.3) is 0 Å². The van der Waals surface area contributed by atoms with Gasteiger partial charge in [-0.1, -0.05) is 0 Å². The summed E-state index contributed by atoms with van der Waals surface area (Å²) < 4.78 is 0. The van der Waals surface area contributed by atoms with Gasteiger partial charge in [-0.05, 0) is 25.2 Å². The minimum absolute atomic E-state index is 0.170. The van der Waals surface area contributed by atoms with E-state index >= 15 is 0 Å². The molecule has 62 valence electrons. The van der Waals surface area contributed by atoms with Gasteiger partial charge in [0.05, 0.1) is 5.37 Å². The molecule has 1 heterocycles. The molecule has 2 aliphatic rings. The molecular formula is C8H13NOS. The van der Waals surface area contributed by atoms with E-state index in [0.29, 0.717) is 17.7 Å². The summed E-state index contributed by atoms with van der Waals surface area (Å²) in [4.78, 5) is 13.3. The first-order valence-corrected chi connectivity index (χ1v) is 4.66. The van der Waals surface area contributed by atoms with Crippen LogP contribution >= 0.6 is 12.6 Å². The number of fused-ring (bicyclic) bond motifs is 1. The van der Waals surface area contributed by atoms with Crippen molar-refractivity contribution in [3.63, 3.8) is 0 Å². The summed E-state index contributed by atoms with van der Waals surface area (Å²) in [7, 11) is 1.86. The van der Waals surface area contributed by atoms with Crippen LogP contribution in [0.2, 0.25) is 0 Å². The zero-order valence-corrected chi connectivity index (χ0v) is 7.55. The van der Waals surface area contributed by atoms with Crippen LogP contribution in [-0.4, -0.2) is 23.2 Å². The van der Waals surface area contributed by atoms with Crippen LogP contribution < -0.4 is 0 Å². The van der Waals surface area contributed by atoms with Gasteiger partial charge in [0, 0.05) is 13.0 Å². The first kappa shape index (κ1) is 7.47. The smallest absolute Gasteiger partial charge is 0.226 e. The molecule has 3 unspecified atom stereocenters. The first-order valence-electron chi connectivity index (χ1n) is 4.15. The molecule has 0 radical (unpaired) electrons. The van der Waals surface area contributed by atoms with Gasteiger partial charge in [0.1, 0.15) is 0 Å². The van der Waals surface area contributed by atoms with Gasteiger partial charge in [0.2, 0.25) is 5.91 Å². The maximum atomic E-state index is 11.5. The van der Waals surface area contributed by atoms with Gasteiger partial charge in [-0.25, -0.2) is 0 Å². The average Bonchev–Trinajstić information content (AvgIpc) is 1.93. The van der Waals surface area contributed by atoms with Gasteiger partial charge in [0.15, 0.2) is 0 Å². The Balaban J connectivity index is 2.12. The monoisotopic (exact) mass is 171 g/mol. The van der Waals surface area contributed by atoms with E-state index < -0.39 is 0 Å². The van der Waals surface area contributed by atoms with Crippen molar-refractivity contribution in [3.05, 3.63) is 0 Å². The molecule has 1 amide bonds. The predicted molar refractivity (Wildman–Crippen MR) is 46.4 cm³/mol. The van der Waals surface area contributed by atoms with E-state index in [1.807, 2.05) is 7.05 Å². The fourth-order valence-electron chi connectivity index (χ4n) is 2.01. The Hall–Kier alpha value is -0.180. The van der Waals surface area contributed by atoms with Crippen LogP contribution in [0.15, 0.2) is 0 Å². The van der Waals surface area contributed by atoms with Crippen LogP contribution in [-0.2, 0) is 4.79 Å². The van der Waals surface area contributed by atoms with Crippen molar-refractivity contribution in [2.45, 2.75) is 24.6 Å². The lowest BCUT2D eigenvalue weighted by Crippen LogP contribution is -2.51. The van der Waals surface area contributed by atoms with Crippen LogP contribution in [0.1, 0.15) is 19.3 Å². The van der Waals surface area contributed by atoms with Crippen molar-refractivity contribution < 1.29 is 4.79 Å². The van der Waals surface area contributed by atoms with E-state index in [2.05, 4.69) is 12.6 Å². The Morgan fingerprint density at radius 2 is 2.27 bits per heavy atom. The van der Waals surface area contributed by atoms with Crippen molar-refractivity contribution >= 4 is 18.5 Å². The second kappa shape index (κ2) is 2.41. The number of hydrogen-bond acceptors (Lipinski definition) is 2. The summed E-state index contributed by atoms with van der Waals surface area (Å²) in [6, 6.07) is 0. The molecule has 0 aromatic carbocycles. The first-order chi connectivity index (χ1) is 5.20. The average molecular weight is 171 g/mol. The highest BCUT2D eigenvalue weighted by atomic mass is 32.1. The summed E-state index contributed by atoms with van der Waals surface area (Å²) >= 11 is 4.35. The Morgan fingerprint density at radius 3 is 2.82 bits per heavy atom. The molecule has 0 spiro atoms. The normalized spacial score (nSPS) is 43.3. The van der Waals surface area contributed by atoms with E-state index in [9.17, 15) is 4.79 Å². The van der Waals surface area contributed by atoms with Gasteiger partial charge in [-0.2, -0.15) is 12.6 Å². The Labute approximate surface area is 72.4 Å². The number of amides is 1. The highest BCUT2D eigenvalue weighted by molar-refractivity contribution is 7.80. The molecule has 0 bridgehead atoms. The summed E-state index contributed by atoms with van der Waals surface area (Å²) in [5.74, 6) is 1.32. The SMILES string of the molecule is CN1C(=O)C2CCC2CC1S. The number of hydrogen-bond donors (Lipinski definition) is 1. The molecule has 2 fully saturated rings. The maximum Gasteiger partial charge on any atom is 0.226 e. The molecule has 1 saturated carbocycles. The van der Waals surface area contributed by atoms with Gasteiger partial charge in [-0.3, -0.25) is 4.79 Å². The molecule has 3 heteroatoms. The Kier molecular flexibility index (Phi) is 1.63. The zero-order chi connectivity index (χ0) is 8.01. The lowest BCUT2D eigenvalue weighted by Gasteiger charge is -2.45. The minimum Gasteiger partial charge on any atom is -0.334 e. The summed E-state index contributed by atoms with van der Waals surface area (Å²) in [5.41, 5.74) is 0. The molecule has 1 aliphatic heterocycles. The molecule has 0 aromatic heterocycles. The molecule has 0 N–H and O–H groups in total. The minimum atomic E-state index is 0.170. The number of carbonyl (C=O) groups is 1. The molecule has 3 atom stereocenters. The van der Waals surface area contributed by atoms with Crippen LogP contribution in [0.4, 0.5) is 0 Å². The van der Waals surface area contributed by atoms with Gasteiger partial charge in [-0.15, -0.1) is 0 Å². The number of thiol groups is 1. The number of piperidine rings is 1. The van der Waals surface area contributed by atoms with Crippen molar-refractivity contribution in [1.29, 1.82) is 0 Å². The van der Waals surface area contributed by atoms with E-state index in [0.717, 1.165) is 12.8 Å². The highest BCUT2D eigenvalue weighted by Crippen LogP contribution is 2.43. The largest absolute Gasteiger partial charge is 0.334 e. The second-order valence-corrected chi connectivity index (χ2v) is 4.21. The molecule has 1 aliphatic carbocycles. The van der Waals surface area contributed by atoms with E-state index in [4.69, 9.17) is 0 Å². The van der Waals surface area contributed by atoms with Crippen LogP contribution in [0.3, 0.4) is 0 Å². The van der Waals surface area contributed by atoms with Crippen molar-refractivity contribution in [1.82, 2.24) is 4.90 Å². The molecular weight excluding hydrogens is 158 g/mol. The van der Waals surface area contributed by atoms with Crippen LogP contribution in [0.25, 0.3) is 0 Å². The second-order valence-electron chi connectivity index (χ2n) is 3.61. The van der Waals surface area contributed by atoms with E-state index in [-0.39, 0.29) is 5.37 Å². The highest BCUT2D eigenvalue weighted by Gasteiger charge is 2.44. The third-order valence-electron chi connectivity index (χ3n) is 3.04. The zero-order valence-electron chi connectivity index (χ0n) is 6.66. The topological polar surface area (TPSA) is 20.3 Å². The van der Waals surface area contributed by atoms with Gasteiger partial charge < -0.3 is 4.90 Å². The fraction of sp³-hybridized carbons (Fsp3) is 0.875. The summed E-state index contributed by atoms with van der Waals surface area (Å²) in [6.07, 6.45) is 3.44. The summed E-state index contributed by atoms with van der Waals surface area (Å²) in [6.45, 7) is 0. The molecule has 11 heavy (non-hydrogen) atoms. The fourth-order valence-corrected chi connectivity index (χ4v) is 2.40.